The highest BCUT2D eigenvalue weighted by molar-refractivity contribution is 6.01. The standard InChI is InChI=1S/C47H62N6O7/c1-29(2)8-9-32-10-13-36(30(3)23-32)41(55)28-35(16-18-49)47(58)53(5)45-34-12-15-44(60-22-20-51)38(27-34)37-25-33(11-14-43(37)59-21-19-50)26-39(40(54)7-6-17-48)52-46(57)31(4)24-42(45)56/h10-15,23,25,27,29,31,35,39,45H,6-9,16,18-22,24,26,28,49-51H2,1-5H3,(H,52,57)/t31-,35-,39+,45+/m1/s1. The van der Waals surface area contributed by atoms with E-state index in [4.69, 9.17) is 26.7 Å². The van der Waals surface area contributed by atoms with Gasteiger partial charge >= 0.3 is 0 Å². The smallest absolute Gasteiger partial charge is 0.226 e. The molecule has 1 aliphatic rings. The number of nitriles is 1. The molecule has 4 atom stereocenters. The van der Waals surface area contributed by atoms with Gasteiger partial charge in [0.05, 0.1) is 12.1 Å². The number of likely N-dealkylation sites (N-methyl/N-ethyl adjacent to an activating group) is 1. The Morgan fingerprint density at radius 3 is 2.18 bits per heavy atom. The lowest BCUT2D eigenvalue weighted by Crippen LogP contribution is -2.46. The third-order valence-electron chi connectivity index (χ3n) is 10.9. The largest absolute Gasteiger partial charge is 0.492 e. The predicted molar refractivity (Wildman–Crippen MR) is 231 cm³/mol. The van der Waals surface area contributed by atoms with Crippen molar-refractivity contribution < 1.29 is 33.4 Å². The number of Topliss-reactive ketones (excluding diaryl/α,β-unsaturated/α-hetero) is 3. The highest BCUT2D eigenvalue weighted by Gasteiger charge is 2.36. The third kappa shape index (κ3) is 12.5. The summed E-state index contributed by atoms with van der Waals surface area (Å²) in [6.07, 6.45) is 1.77. The number of nitrogens with one attached hydrogen (secondary N) is 1. The number of carbonyl (C=O) groups is 5. The Morgan fingerprint density at radius 1 is 0.900 bits per heavy atom. The van der Waals surface area contributed by atoms with Crippen molar-refractivity contribution in [2.24, 2.45) is 35.0 Å². The minimum atomic E-state index is -1.19. The highest BCUT2D eigenvalue weighted by atomic mass is 16.5. The van der Waals surface area contributed by atoms with Gasteiger partial charge in [-0.25, -0.2) is 0 Å². The molecule has 13 heteroatoms. The number of ether oxygens (including phenoxy) is 2. The maximum atomic E-state index is 14.6. The number of aryl methyl sites for hydroxylation is 2. The summed E-state index contributed by atoms with van der Waals surface area (Å²) < 4.78 is 12.2. The van der Waals surface area contributed by atoms with Crippen LogP contribution in [0, 0.1) is 36.0 Å². The number of carbonyl (C=O) groups excluding carboxylic acids is 5. The molecule has 4 rings (SSSR count). The van der Waals surface area contributed by atoms with Crippen LogP contribution in [0.4, 0.5) is 0 Å². The fourth-order valence-corrected chi connectivity index (χ4v) is 7.62. The zero-order valence-electron chi connectivity index (χ0n) is 35.8. The fourth-order valence-electron chi connectivity index (χ4n) is 7.62. The summed E-state index contributed by atoms with van der Waals surface area (Å²) in [5.74, 6) is -2.21. The lowest BCUT2D eigenvalue weighted by Gasteiger charge is -2.32. The molecule has 0 aromatic heterocycles. The Morgan fingerprint density at radius 2 is 1.57 bits per heavy atom. The van der Waals surface area contributed by atoms with Crippen LogP contribution in [0.1, 0.15) is 97.9 Å². The average Bonchev–Trinajstić information content (AvgIpc) is 3.22. The number of nitrogens with zero attached hydrogens (tertiary/aromatic N) is 2. The molecule has 60 heavy (non-hydrogen) atoms. The molecule has 1 aliphatic heterocycles. The molecule has 13 nitrogen and oxygen atoms in total. The third-order valence-corrected chi connectivity index (χ3v) is 10.9. The van der Waals surface area contributed by atoms with Gasteiger partial charge in [-0.1, -0.05) is 51.1 Å². The molecule has 7 N–H and O–H groups in total. The molecule has 0 radical (unpaired) electrons. The molecular weight excluding hydrogens is 761 g/mol. The first-order valence-corrected chi connectivity index (χ1v) is 21.0. The van der Waals surface area contributed by atoms with Gasteiger partial charge in [-0.2, -0.15) is 5.26 Å². The van der Waals surface area contributed by atoms with E-state index in [0.29, 0.717) is 45.2 Å². The number of rotatable bonds is 19. The Hall–Kier alpha value is -5.42. The van der Waals surface area contributed by atoms with Crippen LogP contribution in [0.2, 0.25) is 0 Å². The van der Waals surface area contributed by atoms with Crippen molar-refractivity contribution in [3.8, 4) is 28.7 Å². The first-order valence-electron chi connectivity index (χ1n) is 21.0. The van der Waals surface area contributed by atoms with Crippen molar-refractivity contribution in [2.75, 3.05) is 39.9 Å². The van der Waals surface area contributed by atoms with Gasteiger partial charge in [0.2, 0.25) is 11.8 Å². The van der Waals surface area contributed by atoms with Crippen LogP contribution >= 0.6 is 0 Å². The van der Waals surface area contributed by atoms with Crippen molar-refractivity contribution in [2.45, 2.75) is 91.1 Å². The molecule has 1 heterocycles. The zero-order valence-corrected chi connectivity index (χ0v) is 35.8. The quantitative estimate of drug-likeness (QED) is 0.116. The molecule has 2 amide bonds. The molecule has 0 aliphatic carbocycles. The summed E-state index contributed by atoms with van der Waals surface area (Å²) in [7, 11) is 1.53. The van der Waals surface area contributed by atoms with Gasteiger partial charge in [-0.3, -0.25) is 24.0 Å². The van der Waals surface area contributed by atoms with Crippen LogP contribution in [0.25, 0.3) is 11.1 Å². The van der Waals surface area contributed by atoms with Crippen LogP contribution < -0.4 is 32.0 Å². The van der Waals surface area contributed by atoms with Gasteiger partial charge in [0.15, 0.2) is 17.3 Å². The number of amides is 2. The van der Waals surface area contributed by atoms with Crippen molar-refractivity contribution in [3.05, 3.63) is 82.4 Å². The van der Waals surface area contributed by atoms with Crippen LogP contribution in [0.15, 0.2) is 54.6 Å². The molecule has 4 bridgehead atoms. The predicted octanol–water partition coefficient (Wildman–Crippen LogP) is 5.17. The summed E-state index contributed by atoms with van der Waals surface area (Å²) in [4.78, 5) is 71.7. The first kappa shape index (κ1) is 47.3. The lowest BCUT2D eigenvalue weighted by atomic mass is 9.87. The minimum absolute atomic E-state index is 0.0197. The second-order valence-electron chi connectivity index (χ2n) is 16.2. The number of ketones is 3. The molecule has 0 fully saturated rings. The Bertz CT molecular complexity index is 2040. The van der Waals surface area contributed by atoms with E-state index in [1.165, 1.54) is 11.9 Å². The van der Waals surface area contributed by atoms with Crippen molar-refractivity contribution in [3.63, 3.8) is 0 Å². The SMILES string of the molecule is Cc1cc(CCC(C)C)ccc1C(=O)C[C@@H](CCN)C(=O)N(C)[C@@H]1C(=O)C[C@@H](C)C(=O)N[C@H](C(=O)CCC#N)Cc2ccc(OCCN)c(c2)-c2cc1ccc2OCCN. The number of fused-ring (bicyclic) bond motifs is 5. The minimum Gasteiger partial charge on any atom is -0.492 e. The summed E-state index contributed by atoms with van der Waals surface area (Å²) in [5, 5.41) is 12.1. The van der Waals surface area contributed by atoms with E-state index in [1.54, 1.807) is 37.3 Å². The van der Waals surface area contributed by atoms with Gasteiger partial charge in [-0.05, 0) is 91.6 Å². The van der Waals surface area contributed by atoms with Crippen LogP contribution in [-0.2, 0) is 32.0 Å². The summed E-state index contributed by atoms with van der Waals surface area (Å²) >= 11 is 0. The normalized spacial score (nSPS) is 17.2. The lowest BCUT2D eigenvalue weighted by molar-refractivity contribution is -0.142. The molecular formula is C47H62N6O7. The van der Waals surface area contributed by atoms with Gasteiger partial charge in [0, 0.05) is 74.3 Å². The molecule has 0 spiro atoms. The van der Waals surface area contributed by atoms with E-state index in [1.807, 2.05) is 37.3 Å². The van der Waals surface area contributed by atoms with E-state index in [9.17, 15) is 29.2 Å². The van der Waals surface area contributed by atoms with E-state index >= 15 is 0 Å². The van der Waals surface area contributed by atoms with E-state index in [-0.39, 0.29) is 82.9 Å². The van der Waals surface area contributed by atoms with E-state index < -0.39 is 41.5 Å². The van der Waals surface area contributed by atoms with E-state index in [0.717, 1.165) is 24.0 Å². The second kappa shape index (κ2) is 22.8. The highest BCUT2D eigenvalue weighted by Crippen LogP contribution is 2.41. The Kier molecular flexibility index (Phi) is 18.0. The van der Waals surface area contributed by atoms with Gasteiger partial charge in [-0.15, -0.1) is 0 Å². The van der Waals surface area contributed by atoms with Crippen molar-refractivity contribution >= 4 is 29.2 Å². The monoisotopic (exact) mass is 822 g/mol. The van der Waals surface area contributed by atoms with Crippen molar-refractivity contribution in [1.29, 1.82) is 5.26 Å². The number of hydrogen-bond acceptors (Lipinski definition) is 11. The molecule has 0 unspecified atom stereocenters. The number of benzene rings is 3. The maximum absolute atomic E-state index is 14.6. The molecule has 322 valence electrons. The van der Waals surface area contributed by atoms with Gasteiger partial charge < -0.3 is 36.9 Å². The topological polar surface area (TPSA) is 221 Å². The average molecular weight is 823 g/mol. The molecule has 3 aromatic rings. The molecule has 0 saturated heterocycles. The van der Waals surface area contributed by atoms with Crippen LogP contribution in [0.5, 0.6) is 11.5 Å². The zero-order chi connectivity index (χ0) is 43.9. The van der Waals surface area contributed by atoms with Crippen LogP contribution in [-0.4, -0.2) is 80.0 Å². The Labute approximate surface area is 354 Å². The molecule has 0 saturated carbocycles. The second-order valence-corrected chi connectivity index (χ2v) is 16.2. The summed E-state index contributed by atoms with van der Waals surface area (Å²) in [5.41, 5.74) is 22.5. The van der Waals surface area contributed by atoms with Gasteiger partial charge in [0.25, 0.3) is 0 Å². The van der Waals surface area contributed by atoms with Gasteiger partial charge in [0.1, 0.15) is 30.8 Å². The summed E-state index contributed by atoms with van der Waals surface area (Å²) in [6.45, 7) is 8.80. The fraction of sp³-hybridized carbons (Fsp3) is 0.489. The summed E-state index contributed by atoms with van der Waals surface area (Å²) in [6, 6.07) is 16.2. The first-order chi connectivity index (χ1) is 28.7. The number of hydrogen-bond donors (Lipinski definition) is 4. The van der Waals surface area contributed by atoms with Crippen molar-refractivity contribution in [1.82, 2.24) is 10.2 Å². The van der Waals surface area contributed by atoms with Crippen LogP contribution in [0.3, 0.4) is 0 Å². The molecule has 3 aromatic carbocycles. The Balaban J connectivity index is 1.83. The maximum Gasteiger partial charge on any atom is 0.226 e. The number of nitrogens with two attached hydrogens (primary N) is 3. The van der Waals surface area contributed by atoms with E-state index in [2.05, 4.69) is 19.2 Å².